The summed E-state index contributed by atoms with van der Waals surface area (Å²) < 4.78 is 5.12. The average Bonchev–Trinajstić information content (AvgIpc) is 2.47. The first kappa shape index (κ1) is 13.3. The van der Waals surface area contributed by atoms with Crippen LogP contribution in [0.5, 0.6) is 0 Å². The summed E-state index contributed by atoms with van der Waals surface area (Å²) in [4.78, 5) is 12.0. The molecule has 0 atom stereocenters. The predicted molar refractivity (Wildman–Crippen MR) is 77.2 cm³/mol. The second-order valence-corrected chi connectivity index (χ2v) is 4.28. The third kappa shape index (κ3) is 2.84. The number of ether oxygens (including phenoxy) is 1. The number of esters is 1. The van der Waals surface area contributed by atoms with Gasteiger partial charge in [0.1, 0.15) is 0 Å². The van der Waals surface area contributed by atoms with E-state index < -0.39 is 0 Å². The number of benzene rings is 2. The van der Waals surface area contributed by atoms with Gasteiger partial charge >= 0.3 is 5.97 Å². The average molecular weight is 254 g/mol. The number of carbonyl (C=O) groups excluding carboxylic acids is 1. The molecule has 2 nitrogen and oxygen atoms in total. The Morgan fingerprint density at radius 1 is 0.947 bits per heavy atom. The minimum Gasteiger partial charge on any atom is -0.462 e. The van der Waals surface area contributed by atoms with Crippen LogP contribution in [0.4, 0.5) is 0 Å². The largest absolute Gasteiger partial charge is 0.462 e. The molecule has 0 heterocycles. The van der Waals surface area contributed by atoms with E-state index in [1.165, 1.54) is 5.56 Å². The lowest BCUT2D eigenvalue weighted by Gasteiger charge is -2.12. The van der Waals surface area contributed by atoms with E-state index in [9.17, 15) is 4.79 Å². The summed E-state index contributed by atoms with van der Waals surface area (Å²) in [5.74, 6) is -0.260. The third-order valence-corrected chi connectivity index (χ3v) is 3.11. The first-order valence-electron chi connectivity index (χ1n) is 6.62. The zero-order chi connectivity index (χ0) is 13.7. The minimum atomic E-state index is -0.260. The van der Waals surface area contributed by atoms with Crippen LogP contribution >= 0.6 is 0 Å². The highest BCUT2D eigenvalue weighted by molar-refractivity contribution is 5.97. The summed E-state index contributed by atoms with van der Waals surface area (Å²) in [6.07, 6.45) is 0.938. The Morgan fingerprint density at radius 2 is 1.58 bits per heavy atom. The van der Waals surface area contributed by atoms with Gasteiger partial charge in [-0.25, -0.2) is 4.79 Å². The SMILES string of the molecule is CCOC(=O)c1ccccc1-c1ccccc1CC. The van der Waals surface area contributed by atoms with E-state index in [4.69, 9.17) is 4.74 Å². The molecule has 2 heteroatoms. The summed E-state index contributed by atoms with van der Waals surface area (Å²) in [7, 11) is 0. The van der Waals surface area contributed by atoms with E-state index in [0.29, 0.717) is 12.2 Å². The predicted octanol–water partition coefficient (Wildman–Crippen LogP) is 4.09. The van der Waals surface area contributed by atoms with Gasteiger partial charge in [0.05, 0.1) is 12.2 Å². The summed E-state index contributed by atoms with van der Waals surface area (Å²) >= 11 is 0. The van der Waals surface area contributed by atoms with E-state index in [1.54, 1.807) is 0 Å². The molecular formula is C17H18O2. The lowest BCUT2D eigenvalue weighted by molar-refractivity contribution is 0.0527. The van der Waals surface area contributed by atoms with Crippen LogP contribution in [0.15, 0.2) is 48.5 Å². The lowest BCUT2D eigenvalue weighted by Crippen LogP contribution is -2.06. The van der Waals surface area contributed by atoms with Crippen molar-refractivity contribution in [1.29, 1.82) is 0 Å². The van der Waals surface area contributed by atoms with Gasteiger partial charge in [0.2, 0.25) is 0 Å². The smallest absolute Gasteiger partial charge is 0.338 e. The molecule has 0 spiro atoms. The Kier molecular flexibility index (Phi) is 4.35. The van der Waals surface area contributed by atoms with Crippen LogP contribution in [0.2, 0.25) is 0 Å². The molecule has 2 aromatic rings. The normalized spacial score (nSPS) is 10.2. The molecule has 0 radical (unpaired) electrons. The summed E-state index contributed by atoms with van der Waals surface area (Å²) in [6.45, 7) is 4.33. The van der Waals surface area contributed by atoms with Gasteiger partial charge in [0.15, 0.2) is 0 Å². The molecule has 0 amide bonds. The molecule has 0 N–H and O–H groups in total. The first-order valence-corrected chi connectivity index (χ1v) is 6.62. The fourth-order valence-corrected chi connectivity index (χ4v) is 2.20. The van der Waals surface area contributed by atoms with Crippen LogP contribution in [-0.4, -0.2) is 12.6 Å². The van der Waals surface area contributed by atoms with E-state index in [-0.39, 0.29) is 5.97 Å². The van der Waals surface area contributed by atoms with Crippen molar-refractivity contribution in [3.63, 3.8) is 0 Å². The Labute approximate surface area is 114 Å². The number of carbonyl (C=O) groups is 1. The maximum Gasteiger partial charge on any atom is 0.338 e. The molecule has 0 saturated carbocycles. The molecule has 0 saturated heterocycles. The molecular weight excluding hydrogens is 236 g/mol. The van der Waals surface area contributed by atoms with Crippen molar-refractivity contribution in [3.8, 4) is 11.1 Å². The van der Waals surface area contributed by atoms with Crippen molar-refractivity contribution in [2.75, 3.05) is 6.61 Å². The van der Waals surface area contributed by atoms with E-state index >= 15 is 0 Å². The van der Waals surface area contributed by atoms with Crippen molar-refractivity contribution in [2.45, 2.75) is 20.3 Å². The molecule has 2 rings (SSSR count). The lowest BCUT2D eigenvalue weighted by atomic mass is 9.94. The van der Waals surface area contributed by atoms with Crippen LogP contribution in [0.1, 0.15) is 29.8 Å². The number of aryl methyl sites for hydroxylation is 1. The maximum atomic E-state index is 12.0. The second kappa shape index (κ2) is 6.19. The van der Waals surface area contributed by atoms with E-state index in [2.05, 4.69) is 19.1 Å². The zero-order valence-electron chi connectivity index (χ0n) is 11.3. The van der Waals surface area contributed by atoms with Gasteiger partial charge in [-0.3, -0.25) is 0 Å². The van der Waals surface area contributed by atoms with E-state index in [0.717, 1.165) is 17.5 Å². The molecule has 0 fully saturated rings. The maximum absolute atomic E-state index is 12.0. The van der Waals surface area contributed by atoms with Crippen LogP contribution in [-0.2, 0) is 11.2 Å². The highest BCUT2D eigenvalue weighted by Crippen LogP contribution is 2.27. The van der Waals surface area contributed by atoms with Gasteiger partial charge in [0, 0.05) is 0 Å². The summed E-state index contributed by atoms with van der Waals surface area (Å²) in [5, 5.41) is 0. The van der Waals surface area contributed by atoms with Crippen LogP contribution in [0.25, 0.3) is 11.1 Å². The summed E-state index contributed by atoms with van der Waals surface area (Å²) in [6, 6.07) is 15.8. The van der Waals surface area contributed by atoms with Crippen LogP contribution in [0.3, 0.4) is 0 Å². The molecule has 0 aliphatic heterocycles. The van der Waals surface area contributed by atoms with Gasteiger partial charge in [-0.05, 0) is 36.1 Å². The topological polar surface area (TPSA) is 26.3 Å². The quantitative estimate of drug-likeness (QED) is 0.768. The van der Waals surface area contributed by atoms with Gasteiger partial charge in [-0.2, -0.15) is 0 Å². The fraction of sp³-hybridized carbons (Fsp3) is 0.235. The van der Waals surface area contributed by atoms with E-state index in [1.807, 2.05) is 43.3 Å². The highest BCUT2D eigenvalue weighted by Gasteiger charge is 2.14. The van der Waals surface area contributed by atoms with Crippen molar-refractivity contribution in [1.82, 2.24) is 0 Å². The second-order valence-electron chi connectivity index (χ2n) is 4.28. The van der Waals surface area contributed by atoms with Crippen molar-refractivity contribution >= 4 is 5.97 Å². The molecule has 98 valence electrons. The first-order chi connectivity index (χ1) is 9.27. The minimum absolute atomic E-state index is 0.260. The number of rotatable bonds is 4. The molecule has 0 aliphatic carbocycles. The van der Waals surface area contributed by atoms with Gasteiger partial charge in [0.25, 0.3) is 0 Å². The Hall–Kier alpha value is -2.09. The Balaban J connectivity index is 2.53. The molecule has 0 unspecified atom stereocenters. The van der Waals surface area contributed by atoms with Crippen LogP contribution in [0, 0.1) is 0 Å². The van der Waals surface area contributed by atoms with Crippen LogP contribution < -0.4 is 0 Å². The van der Waals surface area contributed by atoms with Crippen molar-refractivity contribution < 1.29 is 9.53 Å². The number of hydrogen-bond donors (Lipinski definition) is 0. The van der Waals surface area contributed by atoms with Gasteiger partial charge < -0.3 is 4.74 Å². The van der Waals surface area contributed by atoms with Crippen molar-refractivity contribution in [2.24, 2.45) is 0 Å². The fourth-order valence-electron chi connectivity index (χ4n) is 2.20. The molecule has 0 aromatic heterocycles. The standard InChI is InChI=1S/C17H18O2/c1-3-13-9-5-6-10-14(13)15-11-7-8-12-16(15)17(18)19-4-2/h5-12H,3-4H2,1-2H3. The van der Waals surface area contributed by atoms with Crippen molar-refractivity contribution in [3.05, 3.63) is 59.7 Å². The monoisotopic (exact) mass is 254 g/mol. The van der Waals surface area contributed by atoms with Gasteiger partial charge in [-0.1, -0.05) is 49.4 Å². The summed E-state index contributed by atoms with van der Waals surface area (Å²) in [5.41, 5.74) is 3.91. The highest BCUT2D eigenvalue weighted by atomic mass is 16.5. The Bertz CT molecular complexity index is 573. The molecule has 0 aliphatic rings. The van der Waals surface area contributed by atoms with Gasteiger partial charge in [-0.15, -0.1) is 0 Å². The molecule has 0 bridgehead atoms. The third-order valence-electron chi connectivity index (χ3n) is 3.11. The Morgan fingerprint density at radius 3 is 2.26 bits per heavy atom. The number of hydrogen-bond acceptors (Lipinski definition) is 2. The zero-order valence-corrected chi connectivity index (χ0v) is 11.3. The molecule has 19 heavy (non-hydrogen) atoms. The molecule has 2 aromatic carbocycles.